The van der Waals surface area contributed by atoms with E-state index in [-0.39, 0.29) is 18.4 Å². The van der Waals surface area contributed by atoms with E-state index in [2.05, 4.69) is 20.2 Å². The summed E-state index contributed by atoms with van der Waals surface area (Å²) >= 11 is 0. The molecule has 0 atom stereocenters. The van der Waals surface area contributed by atoms with Gasteiger partial charge in [0.15, 0.2) is 0 Å². The van der Waals surface area contributed by atoms with Crippen molar-refractivity contribution in [2.45, 2.75) is 25.3 Å². The van der Waals surface area contributed by atoms with E-state index in [4.69, 9.17) is 0 Å². The van der Waals surface area contributed by atoms with Gasteiger partial charge in [0, 0.05) is 37.0 Å². The zero-order valence-electron chi connectivity index (χ0n) is 12.9. The summed E-state index contributed by atoms with van der Waals surface area (Å²) < 4.78 is 2.08. The topological polar surface area (TPSA) is 76.0 Å². The molecule has 1 aliphatic carbocycles. The molecule has 0 saturated heterocycles. The number of nitrogens with zero attached hydrogens (tertiary/aromatic N) is 2. The monoisotopic (exact) mass is 312 g/mol. The van der Waals surface area contributed by atoms with Crippen LogP contribution in [0.15, 0.2) is 42.7 Å². The van der Waals surface area contributed by atoms with Crippen LogP contribution in [-0.2, 0) is 11.3 Å². The SMILES string of the molecule is O=C(CNC(=O)c1ccccc1)NCCn1ccnc1C1CC1. The van der Waals surface area contributed by atoms with Gasteiger partial charge in [0.1, 0.15) is 5.82 Å². The highest BCUT2D eigenvalue weighted by molar-refractivity contribution is 5.96. The predicted molar refractivity (Wildman–Crippen MR) is 86.0 cm³/mol. The Morgan fingerprint density at radius 1 is 1.17 bits per heavy atom. The lowest BCUT2D eigenvalue weighted by molar-refractivity contribution is -0.120. The largest absolute Gasteiger partial charge is 0.353 e. The molecule has 0 radical (unpaired) electrons. The highest BCUT2D eigenvalue weighted by Crippen LogP contribution is 2.38. The second-order valence-corrected chi connectivity index (χ2v) is 5.65. The van der Waals surface area contributed by atoms with Crippen molar-refractivity contribution in [3.63, 3.8) is 0 Å². The molecule has 1 aromatic heterocycles. The molecular formula is C17H20N4O2. The molecule has 23 heavy (non-hydrogen) atoms. The summed E-state index contributed by atoms with van der Waals surface area (Å²) in [7, 11) is 0. The second-order valence-electron chi connectivity index (χ2n) is 5.65. The minimum absolute atomic E-state index is 0.0207. The normalized spacial score (nSPS) is 13.6. The Balaban J connectivity index is 1.38. The predicted octanol–water partition coefficient (Wildman–Crippen LogP) is 1.31. The number of rotatable bonds is 7. The van der Waals surface area contributed by atoms with Crippen LogP contribution in [0.2, 0.25) is 0 Å². The maximum absolute atomic E-state index is 11.8. The van der Waals surface area contributed by atoms with E-state index in [1.165, 1.54) is 12.8 Å². The highest BCUT2D eigenvalue weighted by atomic mass is 16.2. The molecule has 6 nitrogen and oxygen atoms in total. The number of hydrogen-bond acceptors (Lipinski definition) is 3. The average molecular weight is 312 g/mol. The van der Waals surface area contributed by atoms with Gasteiger partial charge in [0.2, 0.25) is 5.91 Å². The third kappa shape index (κ3) is 4.18. The Morgan fingerprint density at radius 2 is 1.96 bits per heavy atom. The van der Waals surface area contributed by atoms with E-state index in [0.717, 1.165) is 5.82 Å². The first kappa shape index (κ1) is 15.3. The van der Waals surface area contributed by atoms with Gasteiger partial charge in [-0.2, -0.15) is 0 Å². The van der Waals surface area contributed by atoms with Crippen molar-refractivity contribution in [2.24, 2.45) is 0 Å². The third-order valence-electron chi connectivity index (χ3n) is 3.81. The van der Waals surface area contributed by atoms with Crippen molar-refractivity contribution in [3.05, 3.63) is 54.1 Å². The van der Waals surface area contributed by atoms with Gasteiger partial charge in [-0.3, -0.25) is 9.59 Å². The van der Waals surface area contributed by atoms with Crippen LogP contribution >= 0.6 is 0 Å². The lowest BCUT2D eigenvalue weighted by atomic mass is 10.2. The van der Waals surface area contributed by atoms with Crippen LogP contribution in [0.5, 0.6) is 0 Å². The van der Waals surface area contributed by atoms with Gasteiger partial charge in [-0.25, -0.2) is 4.98 Å². The van der Waals surface area contributed by atoms with Crippen molar-refractivity contribution in [3.8, 4) is 0 Å². The molecule has 1 saturated carbocycles. The molecule has 0 aliphatic heterocycles. The Kier molecular flexibility index (Phi) is 4.71. The lowest BCUT2D eigenvalue weighted by Crippen LogP contribution is -2.38. The number of amides is 2. The summed E-state index contributed by atoms with van der Waals surface area (Å²) in [6.45, 7) is 1.20. The molecule has 1 fully saturated rings. The Bertz CT molecular complexity index is 677. The van der Waals surface area contributed by atoms with E-state index in [9.17, 15) is 9.59 Å². The lowest BCUT2D eigenvalue weighted by Gasteiger charge is -2.09. The van der Waals surface area contributed by atoms with Crippen LogP contribution in [0.25, 0.3) is 0 Å². The number of carbonyl (C=O) groups excluding carboxylic acids is 2. The molecule has 6 heteroatoms. The summed E-state index contributed by atoms with van der Waals surface area (Å²) in [5.74, 6) is 1.26. The van der Waals surface area contributed by atoms with Crippen molar-refractivity contribution in [2.75, 3.05) is 13.1 Å². The molecule has 0 unspecified atom stereocenters. The molecule has 0 spiro atoms. The summed E-state index contributed by atoms with van der Waals surface area (Å²) in [5.41, 5.74) is 0.549. The molecule has 1 aromatic carbocycles. The zero-order valence-corrected chi connectivity index (χ0v) is 12.9. The quantitative estimate of drug-likeness (QED) is 0.809. The van der Waals surface area contributed by atoms with Crippen LogP contribution in [0.3, 0.4) is 0 Å². The Labute approximate surface area is 134 Å². The average Bonchev–Trinajstić information content (AvgIpc) is 3.32. The van der Waals surface area contributed by atoms with Crippen LogP contribution in [0.4, 0.5) is 0 Å². The minimum atomic E-state index is -0.244. The summed E-state index contributed by atoms with van der Waals surface area (Å²) in [6, 6.07) is 8.85. The fourth-order valence-electron chi connectivity index (χ4n) is 2.44. The standard InChI is InChI=1S/C17H20N4O2/c22-15(12-20-17(23)14-4-2-1-3-5-14)18-8-10-21-11-9-19-16(21)13-6-7-13/h1-5,9,11,13H,6-8,10,12H2,(H,18,22)(H,20,23). The van der Waals surface area contributed by atoms with Crippen molar-refractivity contribution >= 4 is 11.8 Å². The first-order chi connectivity index (χ1) is 11.2. The molecule has 1 heterocycles. The molecule has 2 N–H and O–H groups in total. The van der Waals surface area contributed by atoms with Crippen LogP contribution < -0.4 is 10.6 Å². The van der Waals surface area contributed by atoms with Gasteiger partial charge in [-0.05, 0) is 25.0 Å². The first-order valence-corrected chi connectivity index (χ1v) is 7.85. The maximum atomic E-state index is 11.8. The number of aromatic nitrogens is 2. The molecule has 2 amide bonds. The Morgan fingerprint density at radius 3 is 2.70 bits per heavy atom. The number of nitrogens with one attached hydrogen (secondary N) is 2. The van der Waals surface area contributed by atoms with Gasteiger partial charge < -0.3 is 15.2 Å². The van der Waals surface area contributed by atoms with E-state index >= 15 is 0 Å². The van der Waals surface area contributed by atoms with Crippen molar-refractivity contribution in [1.29, 1.82) is 0 Å². The minimum Gasteiger partial charge on any atom is -0.353 e. The van der Waals surface area contributed by atoms with Gasteiger partial charge in [-0.15, -0.1) is 0 Å². The summed E-state index contributed by atoms with van der Waals surface area (Å²) in [5, 5.41) is 5.42. The van der Waals surface area contributed by atoms with E-state index in [0.29, 0.717) is 24.6 Å². The molecular weight excluding hydrogens is 292 g/mol. The third-order valence-corrected chi connectivity index (χ3v) is 3.81. The fourth-order valence-corrected chi connectivity index (χ4v) is 2.44. The fraction of sp³-hybridized carbons (Fsp3) is 0.353. The summed E-state index contributed by atoms with van der Waals surface area (Å²) in [6.07, 6.45) is 6.15. The molecule has 0 bridgehead atoms. The maximum Gasteiger partial charge on any atom is 0.251 e. The number of imidazole rings is 1. The molecule has 3 rings (SSSR count). The van der Waals surface area contributed by atoms with Gasteiger partial charge in [0.05, 0.1) is 6.54 Å². The first-order valence-electron chi connectivity index (χ1n) is 7.85. The van der Waals surface area contributed by atoms with E-state index < -0.39 is 0 Å². The van der Waals surface area contributed by atoms with Crippen molar-refractivity contribution < 1.29 is 9.59 Å². The summed E-state index contributed by atoms with van der Waals surface area (Å²) in [4.78, 5) is 28.0. The van der Waals surface area contributed by atoms with Gasteiger partial charge in [-0.1, -0.05) is 18.2 Å². The number of hydrogen-bond donors (Lipinski definition) is 2. The van der Waals surface area contributed by atoms with Crippen LogP contribution in [-0.4, -0.2) is 34.5 Å². The van der Waals surface area contributed by atoms with Gasteiger partial charge in [0.25, 0.3) is 5.91 Å². The number of carbonyl (C=O) groups is 2. The van der Waals surface area contributed by atoms with Gasteiger partial charge >= 0.3 is 0 Å². The molecule has 2 aromatic rings. The smallest absolute Gasteiger partial charge is 0.251 e. The number of benzene rings is 1. The van der Waals surface area contributed by atoms with Crippen molar-refractivity contribution in [1.82, 2.24) is 20.2 Å². The van der Waals surface area contributed by atoms with E-state index in [1.54, 1.807) is 30.5 Å². The van der Waals surface area contributed by atoms with Crippen LogP contribution in [0, 0.1) is 0 Å². The highest BCUT2D eigenvalue weighted by Gasteiger charge is 2.27. The Hall–Kier alpha value is -2.63. The molecule has 120 valence electrons. The second kappa shape index (κ2) is 7.09. The zero-order chi connectivity index (χ0) is 16.1. The molecule has 1 aliphatic rings. The van der Waals surface area contributed by atoms with Crippen LogP contribution in [0.1, 0.15) is 34.9 Å². The van der Waals surface area contributed by atoms with E-state index in [1.807, 2.05) is 12.3 Å².